The third-order valence-electron chi connectivity index (χ3n) is 3.17. The van der Waals surface area contributed by atoms with E-state index in [4.69, 9.17) is 10.5 Å². The summed E-state index contributed by atoms with van der Waals surface area (Å²) in [5.74, 6) is -1.33. The summed E-state index contributed by atoms with van der Waals surface area (Å²) >= 11 is 0. The molecule has 1 aromatic carbocycles. The predicted molar refractivity (Wildman–Crippen MR) is 76.3 cm³/mol. The molecular weight excluding hydrogens is 291 g/mol. The van der Waals surface area contributed by atoms with Gasteiger partial charge in [-0.25, -0.2) is 13.7 Å². The number of nitrogens with zero attached hydrogens (tertiary/aromatic N) is 3. The Labute approximate surface area is 123 Å². The number of hydrogen-bond donors (Lipinski definition) is 2. The molecule has 8 heteroatoms. The van der Waals surface area contributed by atoms with Gasteiger partial charge in [0, 0.05) is 17.3 Å². The first-order chi connectivity index (χ1) is 10.5. The quantitative estimate of drug-likeness (QED) is 0.765. The Morgan fingerprint density at radius 1 is 1.36 bits per heavy atom. The molecule has 0 fully saturated rings. The largest absolute Gasteiger partial charge is 0.496 e. The first-order valence-electron chi connectivity index (χ1n) is 6.22. The number of nitrogen functional groups attached to an aromatic ring is 1. The van der Waals surface area contributed by atoms with Crippen LogP contribution in [0.3, 0.4) is 0 Å². The number of fused-ring (bicyclic) bond motifs is 1. The summed E-state index contributed by atoms with van der Waals surface area (Å²) in [7, 11) is 1.42. The minimum absolute atomic E-state index is 0.0136. The lowest BCUT2D eigenvalue weighted by Crippen LogP contribution is -2.04. The SMILES string of the molecule is COc1ccc(F)cc1-c1cn2nc(N)nc2cc1C(=O)O. The Hall–Kier alpha value is -3.16. The Kier molecular flexibility index (Phi) is 3.13. The van der Waals surface area contributed by atoms with E-state index in [0.717, 1.165) is 0 Å². The molecule has 0 amide bonds. The Balaban J connectivity index is 2.35. The summed E-state index contributed by atoms with van der Waals surface area (Å²) in [4.78, 5) is 15.4. The van der Waals surface area contributed by atoms with E-state index in [1.807, 2.05) is 0 Å². The zero-order valence-electron chi connectivity index (χ0n) is 11.4. The van der Waals surface area contributed by atoms with Crippen LogP contribution in [-0.2, 0) is 0 Å². The number of ether oxygens (including phenoxy) is 1. The monoisotopic (exact) mass is 302 g/mol. The van der Waals surface area contributed by atoms with E-state index in [2.05, 4.69) is 10.1 Å². The number of aromatic carboxylic acids is 1. The molecule has 0 saturated heterocycles. The van der Waals surface area contributed by atoms with Gasteiger partial charge >= 0.3 is 5.97 Å². The summed E-state index contributed by atoms with van der Waals surface area (Å²) < 4.78 is 20.1. The minimum atomic E-state index is -1.18. The third-order valence-corrected chi connectivity index (χ3v) is 3.17. The lowest BCUT2D eigenvalue weighted by molar-refractivity contribution is 0.0697. The molecular formula is C14H11FN4O3. The first-order valence-corrected chi connectivity index (χ1v) is 6.22. The number of carboxylic acids is 1. The van der Waals surface area contributed by atoms with Crippen molar-refractivity contribution in [2.75, 3.05) is 12.8 Å². The van der Waals surface area contributed by atoms with E-state index in [1.54, 1.807) is 0 Å². The number of anilines is 1. The van der Waals surface area contributed by atoms with Crippen molar-refractivity contribution in [2.24, 2.45) is 0 Å². The van der Waals surface area contributed by atoms with Crippen molar-refractivity contribution in [3.8, 4) is 16.9 Å². The molecule has 0 aliphatic rings. The van der Waals surface area contributed by atoms with E-state index in [9.17, 15) is 14.3 Å². The molecule has 0 bridgehead atoms. The normalized spacial score (nSPS) is 10.8. The topological polar surface area (TPSA) is 103 Å². The number of rotatable bonds is 3. The Morgan fingerprint density at radius 2 is 2.14 bits per heavy atom. The molecule has 7 nitrogen and oxygen atoms in total. The summed E-state index contributed by atoms with van der Waals surface area (Å²) in [6.45, 7) is 0. The van der Waals surface area contributed by atoms with Crippen molar-refractivity contribution in [1.29, 1.82) is 0 Å². The number of carboxylic acid groups (broad SMARTS) is 1. The molecule has 0 radical (unpaired) electrons. The van der Waals surface area contributed by atoms with Crippen molar-refractivity contribution in [3.05, 3.63) is 41.8 Å². The van der Waals surface area contributed by atoms with E-state index < -0.39 is 11.8 Å². The fourth-order valence-corrected chi connectivity index (χ4v) is 2.23. The second-order valence-corrected chi connectivity index (χ2v) is 4.52. The summed E-state index contributed by atoms with van der Waals surface area (Å²) in [5, 5.41) is 13.3. The summed E-state index contributed by atoms with van der Waals surface area (Å²) in [5.41, 5.74) is 6.30. The second-order valence-electron chi connectivity index (χ2n) is 4.52. The van der Waals surface area contributed by atoms with Gasteiger partial charge in [0.1, 0.15) is 11.6 Å². The van der Waals surface area contributed by atoms with Crippen LogP contribution in [0.25, 0.3) is 16.8 Å². The average molecular weight is 302 g/mol. The number of hydrogen-bond acceptors (Lipinski definition) is 5. The van der Waals surface area contributed by atoms with Crippen LogP contribution in [0.5, 0.6) is 5.75 Å². The molecule has 0 spiro atoms. The van der Waals surface area contributed by atoms with Crippen molar-refractivity contribution in [3.63, 3.8) is 0 Å². The highest BCUT2D eigenvalue weighted by Gasteiger charge is 2.18. The van der Waals surface area contributed by atoms with Gasteiger partial charge in [-0.1, -0.05) is 0 Å². The van der Waals surface area contributed by atoms with Crippen LogP contribution in [0.4, 0.5) is 10.3 Å². The van der Waals surface area contributed by atoms with Crippen LogP contribution in [-0.4, -0.2) is 32.8 Å². The van der Waals surface area contributed by atoms with Crippen molar-refractivity contribution in [2.45, 2.75) is 0 Å². The molecule has 112 valence electrons. The van der Waals surface area contributed by atoms with Gasteiger partial charge in [0.2, 0.25) is 5.95 Å². The highest BCUT2D eigenvalue weighted by molar-refractivity contribution is 5.97. The second kappa shape index (κ2) is 4.99. The van der Waals surface area contributed by atoms with Crippen LogP contribution >= 0.6 is 0 Å². The fraction of sp³-hybridized carbons (Fsp3) is 0.0714. The molecule has 0 aliphatic heterocycles. The number of methoxy groups -OCH3 is 1. The molecule has 0 saturated carbocycles. The number of nitrogens with two attached hydrogens (primary N) is 1. The molecule has 3 aromatic rings. The predicted octanol–water partition coefficient (Wildman–Crippen LogP) is 1.82. The number of carbonyl (C=O) groups is 1. The van der Waals surface area contributed by atoms with Gasteiger partial charge in [-0.2, -0.15) is 4.98 Å². The lowest BCUT2D eigenvalue weighted by Gasteiger charge is -2.11. The van der Waals surface area contributed by atoms with Gasteiger partial charge in [0.25, 0.3) is 0 Å². The Morgan fingerprint density at radius 3 is 2.82 bits per heavy atom. The van der Waals surface area contributed by atoms with Crippen LogP contribution in [0.15, 0.2) is 30.5 Å². The molecule has 22 heavy (non-hydrogen) atoms. The van der Waals surface area contributed by atoms with E-state index in [-0.39, 0.29) is 22.7 Å². The number of aromatic nitrogens is 3. The Bertz CT molecular complexity index is 891. The third kappa shape index (κ3) is 2.20. The van der Waals surface area contributed by atoms with Gasteiger partial charge < -0.3 is 15.6 Å². The first kappa shape index (κ1) is 13.8. The zero-order valence-corrected chi connectivity index (χ0v) is 11.4. The van der Waals surface area contributed by atoms with Gasteiger partial charge in [-0.3, -0.25) is 0 Å². The van der Waals surface area contributed by atoms with E-state index >= 15 is 0 Å². The molecule has 2 aromatic heterocycles. The van der Waals surface area contributed by atoms with Crippen LogP contribution < -0.4 is 10.5 Å². The zero-order chi connectivity index (χ0) is 15.9. The van der Waals surface area contributed by atoms with E-state index in [0.29, 0.717) is 11.3 Å². The number of benzene rings is 1. The van der Waals surface area contributed by atoms with Gasteiger partial charge in [0.15, 0.2) is 5.65 Å². The maximum atomic E-state index is 13.6. The molecule has 3 N–H and O–H groups in total. The van der Waals surface area contributed by atoms with Crippen molar-refractivity contribution in [1.82, 2.24) is 14.6 Å². The van der Waals surface area contributed by atoms with Crippen LogP contribution in [0, 0.1) is 5.82 Å². The van der Waals surface area contributed by atoms with Gasteiger partial charge in [-0.05, 0) is 24.3 Å². The number of pyridine rings is 1. The molecule has 0 unspecified atom stereocenters. The fourth-order valence-electron chi connectivity index (χ4n) is 2.23. The average Bonchev–Trinajstić information content (AvgIpc) is 2.84. The molecule has 2 heterocycles. The summed E-state index contributed by atoms with van der Waals surface area (Å²) in [6, 6.07) is 5.18. The maximum absolute atomic E-state index is 13.6. The van der Waals surface area contributed by atoms with Crippen LogP contribution in [0.2, 0.25) is 0 Å². The smallest absolute Gasteiger partial charge is 0.336 e. The van der Waals surface area contributed by atoms with Gasteiger partial charge in [0.05, 0.1) is 12.7 Å². The molecule has 0 aliphatic carbocycles. The molecule has 0 atom stereocenters. The van der Waals surface area contributed by atoms with Crippen LogP contribution in [0.1, 0.15) is 10.4 Å². The standard InChI is InChI=1S/C14H11FN4O3/c1-22-11-3-2-7(15)4-8(11)10-6-19-12(17-14(16)18-19)5-9(10)13(20)21/h2-6H,1H3,(H2,16,18)(H,20,21). The maximum Gasteiger partial charge on any atom is 0.336 e. The van der Waals surface area contributed by atoms with Gasteiger partial charge in [-0.15, -0.1) is 5.10 Å². The molecule has 3 rings (SSSR count). The van der Waals surface area contributed by atoms with Crippen molar-refractivity contribution < 1.29 is 19.0 Å². The van der Waals surface area contributed by atoms with Crippen molar-refractivity contribution >= 4 is 17.6 Å². The summed E-state index contributed by atoms with van der Waals surface area (Å²) in [6.07, 6.45) is 1.43. The number of halogens is 1. The lowest BCUT2D eigenvalue weighted by atomic mass is 10.0. The minimum Gasteiger partial charge on any atom is -0.496 e. The highest BCUT2D eigenvalue weighted by atomic mass is 19.1. The van der Waals surface area contributed by atoms with E-state index in [1.165, 1.54) is 42.1 Å². The highest BCUT2D eigenvalue weighted by Crippen LogP contribution is 2.33.